The molecule has 23 heavy (non-hydrogen) atoms. The zero-order chi connectivity index (χ0) is 17.5. The van der Waals surface area contributed by atoms with Crippen LogP contribution >= 0.6 is 0 Å². The van der Waals surface area contributed by atoms with E-state index in [0.717, 1.165) is 5.57 Å². The van der Waals surface area contributed by atoms with Gasteiger partial charge in [0.1, 0.15) is 0 Å². The van der Waals surface area contributed by atoms with Crippen molar-refractivity contribution in [1.29, 1.82) is 0 Å². The average Bonchev–Trinajstić information content (AvgIpc) is 2.57. The third-order valence-electron chi connectivity index (χ3n) is 3.36. The van der Waals surface area contributed by atoms with E-state index in [9.17, 15) is 0 Å². The van der Waals surface area contributed by atoms with Gasteiger partial charge in [-0.25, -0.2) is 0 Å². The highest BCUT2D eigenvalue weighted by Crippen LogP contribution is 2.17. The predicted octanol–water partition coefficient (Wildman–Crippen LogP) is 7.39. The average molecular weight is 309 g/mol. The zero-order valence-electron chi connectivity index (χ0n) is 15.3. The van der Waals surface area contributed by atoms with Crippen LogP contribution in [-0.4, -0.2) is 0 Å². The molecule has 0 atom stereocenters. The Morgan fingerprint density at radius 3 is 2.26 bits per heavy atom. The van der Waals surface area contributed by atoms with Crippen LogP contribution in [0.1, 0.15) is 46.1 Å². The molecule has 1 aromatic rings. The lowest BCUT2D eigenvalue weighted by atomic mass is 10.0. The van der Waals surface area contributed by atoms with Gasteiger partial charge in [-0.2, -0.15) is 0 Å². The summed E-state index contributed by atoms with van der Waals surface area (Å²) >= 11 is 0. The van der Waals surface area contributed by atoms with Crippen molar-refractivity contribution in [3.8, 4) is 0 Å². The molecule has 0 amide bonds. The van der Waals surface area contributed by atoms with Gasteiger partial charge in [0.15, 0.2) is 0 Å². The largest absolute Gasteiger partial charge is 0.0991 e. The second-order valence-electron chi connectivity index (χ2n) is 5.63. The third-order valence-corrected chi connectivity index (χ3v) is 3.36. The van der Waals surface area contributed by atoms with E-state index in [1.54, 1.807) is 6.08 Å². The van der Waals surface area contributed by atoms with Crippen LogP contribution in [0.5, 0.6) is 0 Å². The minimum absolute atomic E-state index is 0.505. The molecule has 0 radical (unpaired) electrons. The van der Waals surface area contributed by atoms with Gasteiger partial charge in [0.05, 0.1) is 0 Å². The van der Waals surface area contributed by atoms with Gasteiger partial charge in [0.2, 0.25) is 0 Å². The molecule has 0 fully saturated rings. The number of benzene rings is 1. The topological polar surface area (TPSA) is 0 Å². The molecule has 0 spiro atoms. The molecule has 0 heteroatoms. The SMILES string of the molecule is C=C(/C=C\C(=C/C)c1ccccc1)C(C)C.C=C/C=C\CCC. The number of allylic oxidation sites excluding steroid dienone is 8. The summed E-state index contributed by atoms with van der Waals surface area (Å²) in [6.45, 7) is 16.1. The summed E-state index contributed by atoms with van der Waals surface area (Å²) in [5.41, 5.74) is 3.65. The maximum absolute atomic E-state index is 4.04. The minimum Gasteiger partial charge on any atom is -0.0991 e. The van der Waals surface area contributed by atoms with Crippen molar-refractivity contribution in [3.63, 3.8) is 0 Å². The molecule has 124 valence electrons. The van der Waals surface area contributed by atoms with E-state index in [2.05, 4.69) is 89.4 Å². The van der Waals surface area contributed by atoms with E-state index < -0.39 is 0 Å². The normalized spacial score (nSPS) is 11.6. The number of hydrogen-bond acceptors (Lipinski definition) is 0. The highest BCUT2D eigenvalue weighted by Gasteiger charge is 1.97. The minimum atomic E-state index is 0.505. The van der Waals surface area contributed by atoms with E-state index in [1.165, 1.54) is 24.0 Å². The van der Waals surface area contributed by atoms with Crippen LogP contribution in [0.3, 0.4) is 0 Å². The Labute approximate surface area is 143 Å². The first-order valence-electron chi connectivity index (χ1n) is 8.42. The summed E-state index contributed by atoms with van der Waals surface area (Å²) in [7, 11) is 0. The fraction of sp³-hybridized carbons (Fsp3) is 0.304. The lowest BCUT2D eigenvalue weighted by molar-refractivity contribution is 0.795. The van der Waals surface area contributed by atoms with Gasteiger partial charge in [0.25, 0.3) is 0 Å². The summed E-state index contributed by atoms with van der Waals surface area (Å²) in [4.78, 5) is 0. The van der Waals surface area contributed by atoms with Gasteiger partial charge in [-0.3, -0.25) is 0 Å². The molecular weight excluding hydrogens is 276 g/mol. The second-order valence-corrected chi connectivity index (χ2v) is 5.63. The first kappa shape index (κ1) is 20.9. The zero-order valence-corrected chi connectivity index (χ0v) is 15.3. The van der Waals surface area contributed by atoms with Crippen LogP contribution < -0.4 is 0 Å². The van der Waals surface area contributed by atoms with Gasteiger partial charge in [-0.1, -0.05) is 113 Å². The highest BCUT2D eigenvalue weighted by molar-refractivity contribution is 5.74. The molecule has 0 aliphatic rings. The van der Waals surface area contributed by atoms with E-state index in [-0.39, 0.29) is 0 Å². The fourth-order valence-corrected chi connectivity index (χ4v) is 1.74. The fourth-order valence-electron chi connectivity index (χ4n) is 1.74. The van der Waals surface area contributed by atoms with Crippen molar-refractivity contribution in [1.82, 2.24) is 0 Å². The number of rotatable bonds is 7. The van der Waals surface area contributed by atoms with E-state index in [1.807, 2.05) is 12.1 Å². The molecule has 0 saturated heterocycles. The Balaban J connectivity index is 0.000000585. The summed E-state index contributed by atoms with van der Waals surface area (Å²) in [6, 6.07) is 10.4. The molecule has 0 unspecified atom stereocenters. The Bertz CT molecular complexity index is 524. The monoisotopic (exact) mass is 308 g/mol. The van der Waals surface area contributed by atoms with Crippen LogP contribution in [0.15, 0.2) is 85.5 Å². The predicted molar refractivity (Wildman–Crippen MR) is 107 cm³/mol. The van der Waals surface area contributed by atoms with E-state index in [4.69, 9.17) is 0 Å². The lowest BCUT2D eigenvalue weighted by Gasteiger charge is -2.05. The quantitative estimate of drug-likeness (QED) is 0.461. The summed E-state index contributed by atoms with van der Waals surface area (Å²) in [5, 5.41) is 0. The van der Waals surface area contributed by atoms with Crippen molar-refractivity contribution < 1.29 is 0 Å². The van der Waals surface area contributed by atoms with Crippen LogP contribution in [0.2, 0.25) is 0 Å². The molecule has 0 bridgehead atoms. The van der Waals surface area contributed by atoms with Gasteiger partial charge in [-0.15, -0.1) is 0 Å². The molecule has 1 rings (SSSR count). The second kappa shape index (κ2) is 13.6. The highest BCUT2D eigenvalue weighted by atomic mass is 14.0. The standard InChI is InChI=1S/C16H20.C7H12/c1-5-15(12-11-14(4)13(2)3)16-9-7-6-8-10-16;1-3-5-7-6-4-2/h5-13H,4H2,1-3H3;3,5,7H,1,4,6H2,2H3/b12-11-,15-5+;7-5-. The van der Waals surface area contributed by atoms with Crippen LogP contribution in [-0.2, 0) is 0 Å². The Morgan fingerprint density at radius 2 is 1.78 bits per heavy atom. The van der Waals surface area contributed by atoms with E-state index >= 15 is 0 Å². The molecule has 0 saturated carbocycles. The van der Waals surface area contributed by atoms with Crippen molar-refractivity contribution in [2.75, 3.05) is 0 Å². The third kappa shape index (κ3) is 10.3. The van der Waals surface area contributed by atoms with Gasteiger partial charge in [0, 0.05) is 0 Å². The van der Waals surface area contributed by atoms with Crippen molar-refractivity contribution in [2.45, 2.75) is 40.5 Å². The molecule has 0 aliphatic carbocycles. The molecule has 0 nitrogen and oxygen atoms in total. The number of unbranched alkanes of at least 4 members (excludes halogenated alkanes) is 1. The van der Waals surface area contributed by atoms with Crippen molar-refractivity contribution in [3.05, 3.63) is 91.1 Å². The first-order valence-corrected chi connectivity index (χ1v) is 8.42. The molecule has 0 aliphatic heterocycles. The summed E-state index contributed by atoms with van der Waals surface area (Å²) in [5.74, 6) is 0.505. The molecular formula is C23H32. The van der Waals surface area contributed by atoms with Crippen LogP contribution in [0.25, 0.3) is 5.57 Å². The molecule has 0 heterocycles. The van der Waals surface area contributed by atoms with E-state index in [0.29, 0.717) is 5.92 Å². The van der Waals surface area contributed by atoms with Gasteiger partial charge < -0.3 is 0 Å². The number of hydrogen-bond donors (Lipinski definition) is 0. The van der Waals surface area contributed by atoms with Crippen LogP contribution in [0, 0.1) is 5.92 Å². The Morgan fingerprint density at radius 1 is 1.13 bits per heavy atom. The first-order chi connectivity index (χ1) is 11.1. The molecule has 1 aromatic carbocycles. The lowest BCUT2D eigenvalue weighted by Crippen LogP contribution is -1.88. The molecule has 0 N–H and O–H groups in total. The van der Waals surface area contributed by atoms with Crippen molar-refractivity contribution >= 4 is 5.57 Å². The van der Waals surface area contributed by atoms with Crippen LogP contribution in [0.4, 0.5) is 0 Å². The maximum atomic E-state index is 4.04. The summed E-state index contributed by atoms with van der Waals surface area (Å²) in [6.07, 6.45) is 14.7. The summed E-state index contributed by atoms with van der Waals surface area (Å²) < 4.78 is 0. The maximum Gasteiger partial charge on any atom is -0.0187 e. The Kier molecular flexibility index (Phi) is 12.3. The Hall–Kier alpha value is -2.08. The van der Waals surface area contributed by atoms with Gasteiger partial charge >= 0.3 is 0 Å². The van der Waals surface area contributed by atoms with Crippen molar-refractivity contribution in [2.24, 2.45) is 5.92 Å². The van der Waals surface area contributed by atoms with Gasteiger partial charge in [-0.05, 0) is 30.4 Å². The molecule has 0 aromatic heterocycles. The smallest absolute Gasteiger partial charge is 0.0187 e.